The van der Waals surface area contributed by atoms with Crippen LogP contribution < -0.4 is 5.56 Å². The Morgan fingerprint density at radius 2 is 2.21 bits per heavy atom. The van der Waals surface area contributed by atoms with Crippen LogP contribution in [-0.2, 0) is 6.42 Å². The van der Waals surface area contributed by atoms with Gasteiger partial charge in [0.25, 0.3) is 5.56 Å². The first kappa shape index (κ1) is 10.4. The highest BCUT2D eigenvalue weighted by molar-refractivity contribution is 5.86. The molecular weight excluding hydrogens is 184 g/mol. The fourth-order valence-corrected chi connectivity index (χ4v) is 1.20. The van der Waals surface area contributed by atoms with Gasteiger partial charge in [0.05, 0.1) is 5.69 Å². The predicted octanol–water partition coefficient (Wildman–Crippen LogP) is 0.729. The first-order chi connectivity index (χ1) is 6.56. The number of aryl methyl sites for hydroxylation is 2. The number of nitrogens with zero attached hydrogens (tertiary/aromatic N) is 1. The Bertz CT molecular complexity index is 409. The summed E-state index contributed by atoms with van der Waals surface area (Å²) >= 11 is 0. The first-order valence-corrected chi connectivity index (χ1v) is 4.39. The van der Waals surface area contributed by atoms with Crippen LogP contribution >= 0.6 is 0 Å². The average Bonchev–Trinajstić information content (AvgIpc) is 2.10. The zero-order chi connectivity index (χ0) is 10.7. The van der Waals surface area contributed by atoms with Gasteiger partial charge in [0.2, 0.25) is 0 Å². The van der Waals surface area contributed by atoms with E-state index in [4.69, 9.17) is 5.11 Å². The minimum atomic E-state index is -1.16. The van der Waals surface area contributed by atoms with Crippen molar-refractivity contribution < 1.29 is 9.90 Å². The number of aromatic nitrogens is 2. The molecule has 1 aromatic heterocycles. The first-order valence-electron chi connectivity index (χ1n) is 4.39. The lowest BCUT2D eigenvalue weighted by Crippen LogP contribution is -2.21. The molecule has 1 aromatic rings. The molecule has 76 valence electrons. The van der Waals surface area contributed by atoms with E-state index in [1.807, 2.05) is 6.92 Å². The Balaban J connectivity index is 3.24. The lowest BCUT2D eigenvalue weighted by atomic mass is 10.2. The second kappa shape index (κ2) is 4.04. The number of carboxylic acids is 1. The van der Waals surface area contributed by atoms with Crippen molar-refractivity contribution in [2.45, 2.75) is 26.7 Å². The Labute approximate surface area is 80.8 Å². The summed E-state index contributed by atoms with van der Waals surface area (Å²) in [5.41, 5.74) is 0.209. The standard InChI is InChI=1S/C9H12N2O3/c1-3-4-6-8(12)11-7(9(13)14)5(2)10-6/h3-4H2,1-2H3,(H,11,12)(H,13,14). The number of aromatic carboxylic acids is 1. The quantitative estimate of drug-likeness (QED) is 0.746. The topological polar surface area (TPSA) is 83.0 Å². The molecule has 0 spiro atoms. The molecular formula is C9H12N2O3. The maximum Gasteiger partial charge on any atom is 0.354 e. The SMILES string of the molecule is CCCc1nc(C)c(C(=O)O)[nH]c1=O. The van der Waals surface area contributed by atoms with Gasteiger partial charge in [-0.25, -0.2) is 9.78 Å². The van der Waals surface area contributed by atoms with Crippen LogP contribution in [0.1, 0.15) is 35.2 Å². The largest absolute Gasteiger partial charge is 0.477 e. The summed E-state index contributed by atoms with van der Waals surface area (Å²) in [6.45, 7) is 3.50. The van der Waals surface area contributed by atoms with Crippen molar-refractivity contribution in [3.05, 3.63) is 27.4 Å². The maximum absolute atomic E-state index is 11.3. The number of carbonyl (C=O) groups is 1. The molecule has 0 amide bonds. The molecule has 1 heterocycles. The summed E-state index contributed by atoms with van der Waals surface area (Å²) in [6.07, 6.45) is 1.37. The summed E-state index contributed by atoms with van der Waals surface area (Å²) in [6, 6.07) is 0. The lowest BCUT2D eigenvalue weighted by molar-refractivity contribution is 0.0688. The highest BCUT2D eigenvalue weighted by Gasteiger charge is 2.11. The number of aromatic amines is 1. The molecule has 0 aromatic carbocycles. The Morgan fingerprint density at radius 1 is 1.57 bits per heavy atom. The van der Waals surface area contributed by atoms with Crippen LogP contribution in [0.3, 0.4) is 0 Å². The third-order valence-corrected chi connectivity index (χ3v) is 1.87. The minimum absolute atomic E-state index is 0.130. The molecule has 0 radical (unpaired) electrons. The van der Waals surface area contributed by atoms with Crippen molar-refractivity contribution in [3.63, 3.8) is 0 Å². The lowest BCUT2D eigenvalue weighted by Gasteiger charge is -2.02. The van der Waals surface area contributed by atoms with Crippen molar-refractivity contribution in [2.75, 3.05) is 0 Å². The van der Waals surface area contributed by atoms with E-state index in [0.717, 1.165) is 6.42 Å². The number of rotatable bonds is 3. The second-order valence-corrected chi connectivity index (χ2v) is 3.03. The van der Waals surface area contributed by atoms with Gasteiger partial charge in [-0.05, 0) is 13.3 Å². The molecule has 0 aliphatic carbocycles. The molecule has 0 aliphatic rings. The van der Waals surface area contributed by atoms with Gasteiger partial charge in [0.1, 0.15) is 11.4 Å². The molecule has 0 unspecified atom stereocenters. The predicted molar refractivity (Wildman–Crippen MR) is 50.5 cm³/mol. The normalized spacial score (nSPS) is 10.1. The van der Waals surface area contributed by atoms with E-state index in [9.17, 15) is 9.59 Å². The number of carboxylic acid groups (broad SMARTS) is 1. The highest BCUT2D eigenvalue weighted by Crippen LogP contribution is 2.00. The fourth-order valence-electron chi connectivity index (χ4n) is 1.20. The number of H-pyrrole nitrogens is 1. The highest BCUT2D eigenvalue weighted by atomic mass is 16.4. The zero-order valence-corrected chi connectivity index (χ0v) is 8.13. The van der Waals surface area contributed by atoms with Gasteiger partial charge in [0, 0.05) is 0 Å². The van der Waals surface area contributed by atoms with Gasteiger partial charge in [-0.1, -0.05) is 13.3 Å². The minimum Gasteiger partial charge on any atom is -0.477 e. The van der Waals surface area contributed by atoms with Crippen LogP contribution in [-0.4, -0.2) is 21.0 Å². The average molecular weight is 196 g/mol. The smallest absolute Gasteiger partial charge is 0.354 e. The molecule has 0 fully saturated rings. The van der Waals surface area contributed by atoms with Gasteiger partial charge in [-0.15, -0.1) is 0 Å². The van der Waals surface area contributed by atoms with Crippen LogP contribution in [0.2, 0.25) is 0 Å². The van der Waals surface area contributed by atoms with Crippen LogP contribution in [0.4, 0.5) is 0 Å². The summed E-state index contributed by atoms with van der Waals surface area (Å²) in [7, 11) is 0. The zero-order valence-electron chi connectivity index (χ0n) is 8.13. The van der Waals surface area contributed by atoms with Gasteiger partial charge >= 0.3 is 5.97 Å². The maximum atomic E-state index is 11.3. The number of hydrogen-bond acceptors (Lipinski definition) is 3. The third-order valence-electron chi connectivity index (χ3n) is 1.87. The van der Waals surface area contributed by atoms with Gasteiger partial charge in [-0.2, -0.15) is 0 Å². The summed E-state index contributed by atoms with van der Waals surface area (Å²) in [5.74, 6) is -1.16. The van der Waals surface area contributed by atoms with Gasteiger partial charge in [-0.3, -0.25) is 4.79 Å². The summed E-state index contributed by atoms with van der Waals surface area (Å²) < 4.78 is 0. The molecule has 0 bridgehead atoms. The van der Waals surface area contributed by atoms with Crippen molar-refractivity contribution in [1.29, 1.82) is 0 Å². The molecule has 0 atom stereocenters. The van der Waals surface area contributed by atoms with E-state index in [1.165, 1.54) is 0 Å². The Morgan fingerprint density at radius 3 is 2.71 bits per heavy atom. The molecule has 5 heteroatoms. The summed E-state index contributed by atoms with van der Waals surface area (Å²) in [4.78, 5) is 28.2. The van der Waals surface area contributed by atoms with Crippen molar-refractivity contribution in [2.24, 2.45) is 0 Å². The molecule has 1 rings (SSSR count). The fraction of sp³-hybridized carbons (Fsp3) is 0.444. The van der Waals surface area contributed by atoms with Crippen LogP contribution in [0.25, 0.3) is 0 Å². The van der Waals surface area contributed by atoms with Gasteiger partial charge in [0.15, 0.2) is 0 Å². The van der Waals surface area contributed by atoms with E-state index in [1.54, 1.807) is 6.92 Å². The second-order valence-electron chi connectivity index (χ2n) is 3.03. The van der Waals surface area contributed by atoms with E-state index in [2.05, 4.69) is 9.97 Å². The Kier molecular flexibility index (Phi) is 3.01. The summed E-state index contributed by atoms with van der Waals surface area (Å²) in [5, 5.41) is 8.70. The van der Waals surface area contributed by atoms with E-state index in [0.29, 0.717) is 17.8 Å². The van der Waals surface area contributed by atoms with Gasteiger partial charge < -0.3 is 10.1 Å². The molecule has 2 N–H and O–H groups in total. The molecule has 0 saturated carbocycles. The molecule has 0 saturated heterocycles. The van der Waals surface area contributed by atoms with E-state index < -0.39 is 11.5 Å². The Hall–Kier alpha value is -1.65. The van der Waals surface area contributed by atoms with Crippen molar-refractivity contribution in [1.82, 2.24) is 9.97 Å². The van der Waals surface area contributed by atoms with Crippen LogP contribution in [0.5, 0.6) is 0 Å². The molecule has 14 heavy (non-hydrogen) atoms. The number of nitrogens with one attached hydrogen (secondary N) is 1. The van der Waals surface area contributed by atoms with E-state index in [-0.39, 0.29) is 5.69 Å². The third kappa shape index (κ3) is 1.99. The van der Waals surface area contributed by atoms with Crippen LogP contribution in [0.15, 0.2) is 4.79 Å². The molecule has 5 nitrogen and oxygen atoms in total. The molecule has 0 aliphatic heterocycles. The van der Waals surface area contributed by atoms with E-state index >= 15 is 0 Å². The van der Waals surface area contributed by atoms with Crippen molar-refractivity contribution in [3.8, 4) is 0 Å². The number of hydrogen-bond donors (Lipinski definition) is 2. The van der Waals surface area contributed by atoms with Crippen LogP contribution in [0, 0.1) is 6.92 Å². The monoisotopic (exact) mass is 196 g/mol. The van der Waals surface area contributed by atoms with Crippen molar-refractivity contribution >= 4 is 5.97 Å².